The lowest BCUT2D eigenvalue weighted by Gasteiger charge is -2.59. The lowest BCUT2D eigenvalue weighted by atomic mass is 10.1. The van der Waals surface area contributed by atoms with Crippen LogP contribution >= 0.6 is 60.8 Å². The zero-order chi connectivity index (χ0) is 44.9. The molecule has 0 aliphatic rings. The quantitative estimate of drug-likeness (QED) is 0.0286. The van der Waals surface area contributed by atoms with Gasteiger partial charge in [0, 0.05) is 13.0 Å². The summed E-state index contributed by atoms with van der Waals surface area (Å²) < 4.78 is 105. The Morgan fingerprint density at radius 1 is 0.446 bits per heavy atom. The normalized spacial score (nSPS) is 15.2. The van der Waals surface area contributed by atoms with Crippen LogP contribution in [0.4, 0.5) is 0 Å². The predicted molar refractivity (Wildman–Crippen MR) is 190 cm³/mol. The van der Waals surface area contributed by atoms with E-state index in [4.69, 9.17) is 5.11 Å². The van der Waals surface area contributed by atoms with Crippen molar-refractivity contribution < 1.29 is 125 Å². The summed E-state index contributed by atoms with van der Waals surface area (Å²) in [5, 5.41) is -2.30. The van der Waals surface area contributed by atoms with Crippen LogP contribution in [0.5, 0.6) is 0 Å². The van der Waals surface area contributed by atoms with E-state index in [0.717, 1.165) is 0 Å². The highest BCUT2D eigenvalue weighted by molar-refractivity contribution is 7.75. The first-order chi connectivity index (χ1) is 24.7. The summed E-state index contributed by atoms with van der Waals surface area (Å²) in [4.78, 5) is 175. The van der Waals surface area contributed by atoms with Gasteiger partial charge in [-0.2, -0.15) is 0 Å². The monoisotopic (exact) mass is 983 g/mol. The zero-order valence-electron chi connectivity index (χ0n) is 29.3. The van der Waals surface area contributed by atoms with E-state index in [1.165, 1.54) is 0 Å². The van der Waals surface area contributed by atoms with Crippen molar-refractivity contribution in [1.82, 2.24) is 14.7 Å². The molecule has 0 aliphatic heterocycles. The topological polar surface area (TPSA) is 507 Å². The summed E-state index contributed by atoms with van der Waals surface area (Å²) in [5.41, 5.74) is -8.32. The van der Waals surface area contributed by atoms with Gasteiger partial charge >= 0.3 is 66.7 Å². The van der Waals surface area contributed by atoms with Gasteiger partial charge in [-0.05, 0) is 25.9 Å². The number of carbonyl (C=O) groups is 1. The molecular formula is C19H49N3O26P8. The Balaban J connectivity index is 8.90. The minimum absolute atomic E-state index is 0.0550. The summed E-state index contributed by atoms with van der Waals surface area (Å²) in [7, 11) is -57.4. The molecule has 336 valence electrons. The van der Waals surface area contributed by atoms with Crippen molar-refractivity contribution in [1.29, 1.82) is 0 Å². The maximum absolute atomic E-state index is 13.7. The van der Waals surface area contributed by atoms with E-state index >= 15 is 0 Å². The number of nitrogens with zero attached hydrogens (tertiary/aromatic N) is 3. The Hall–Kier alpha value is 0.550. The highest BCUT2D eigenvalue weighted by Gasteiger charge is 2.83. The Bertz CT molecular complexity index is 1530. The molecule has 0 saturated carbocycles. The molecule has 0 aromatic heterocycles. The third kappa shape index (κ3) is 13.0. The Morgan fingerprint density at radius 3 is 0.875 bits per heavy atom. The molecule has 0 spiro atoms. The summed E-state index contributed by atoms with van der Waals surface area (Å²) >= 11 is 0. The molecule has 0 aromatic rings. The summed E-state index contributed by atoms with van der Waals surface area (Å²) in [6.45, 7) is -4.73. The smallest absolute Gasteiger partial charge is 0.373 e. The molecule has 0 unspecified atom stereocenters. The summed E-state index contributed by atoms with van der Waals surface area (Å²) in [5.74, 6) is -1.07. The van der Waals surface area contributed by atoms with Crippen molar-refractivity contribution in [2.75, 3.05) is 19.6 Å². The van der Waals surface area contributed by atoms with Crippen molar-refractivity contribution in [3.8, 4) is 0 Å². The molecule has 0 rings (SSSR count). The molecule has 37 heteroatoms. The first-order valence-electron chi connectivity index (χ1n) is 15.6. The van der Waals surface area contributed by atoms with Crippen LogP contribution in [0.1, 0.15) is 71.6 Å². The van der Waals surface area contributed by atoms with Gasteiger partial charge in [-0.25, -0.2) is 14.7 Å². The van der Waals surface area contributed by atoms with Gasteiger partial charge in [-0.3, -0.25) is 41.3 Å². The number of rotatable bonds is 27. The van der Waals surface area contributed by atoms with Crippen LogP contribution in [-0.4, -0.2) is 145 Å². The molecule has 0 fully saturated rings. The molecule has 0 saturated heterocycles. The van der Waals surface area contributed by atoms with E-state index in [-0.39, 0.29) is 25.7 Å². The van der Waals surface area contributed by atoms with E-state index < -0.39 is 135 Å². The average molecular weight is 983 g/mol. The maximum Gasteiger partial charge on any atom is 0.373 e. The van der Waals surface area contributed by atoms with Crippen molar-refractivity contribution in [2.24, 2.45) is 0 Å². The van der Waals surface area contributed by atoms with Gasteiger partial charge in [0.25, 0.3) is 10.3 Å². The molecule has 0 amide bonds. The molecule has 0 radical (unpaired) electrons. The van der Waals surface area contributed by atoms with Crippen molar-refractivity contribution >= 4 is 66.7 Å². The van der Waals surface area contributed by atoms with Crippen LogP contribution in [0.3, 0.4) is 0 Å². The minimum Gasteiger partial charge on any atom is -0.481 e. The van der Waals surface area contributed by atoms with Gasteiger partial charge in [-0.1, -0.05) is 52.4 Å². The summed E-state index contributed by atoms with van der Waals surface area (Å²) in [6, 6.07) is 0. The molecule has 17 N–H and O–H groups in total. The van der Waals surface area contributed by atoms with Crippen molar-refractivity contribution in [3.05, 3.63) is 0 Å². The number of hydrogen-bond acceptors (Lipinski definition) is 12. The SMILES string of the molecule is CCN(C(P(=O)(O)O)P(=O)(O)O)C(N(CCCCCCCCCCC(=O)O)C(N(CC)C(P(=O)(O)O)P(=O)(O)O)(P(=O)(O)O)P(=O)(O)O)(P(=O)(O)O)P(=O)(O)O. The van der Waals surface area contributed by atoms with Crippen LogP contribution < -0.4 is 0 Å². The van der Waals surface area contributed by atoms with Crippen LogP contribution in [0.15, 0.2) is 0 Å². The predicted octanol–water partition coefficient (Wildman–Crippen LogP) is -0.261. The van der Waals surface area contributed by atoms with E-state index in [1.807, 2.05) is 0 Å². The van der Waals surface area contributed by atoms with Crippen LogP contribution in [0.25, 0.3) is 0 Å². The molecule has 56 heavy (non-hydrogen) atoms. The molecule has 0 aromatic carbocycles. The molecule has 0 bridgehead atoms. The minimum atomic E-state index is -7.57. The largest absolute Gasteiger partial charge is 0.481 e. The molecule has 29 nitrogen and oxygen atoms in total. The van der Waals surface area contributed by atoms with Crippen LogP contribution in [0, 0.1) is 0 Å². The fourth-order valence-corrected chi connectivity index (χ4v) is 20.5. The lowest BCUT2D eigenvalue weighted by Crippen LogP contribution is -2.73. The molecule has 0 atom stereocenters. The second kappa shape index (κ2) is 20.2. The van der Waals surface area contributed by atoms with E-state index in [9.17, 15) is 120 Å². The number of aliphatic carboxylic acids is 1. The van der Waals surface area contributed by atoms with Crippen molar-refractivity contribution in [2.45, 2.75) is 93.0 Å². The number of hydrogen-bond donors (Lipinski definition) is 17. The highest BCUT2D eigenvalue weighted by Crippen LogP contribution is 2.83. The van der Waals surface area contributed by atoms with Gasteiger partial charge in [0.05, 0.1) is 0 Å². The third-order valence-corrected chi connectivity index (χ3v) is 23.4. The fourth-order valence-electron chi connectivity index (χ4n) is 6.23. The van der Waals surface area contributed by atoms with E-state index in [0.29, 0.717) is 33.1 Å². The number of unbranched alkanes of at least 4 members (excludes halogenated alkanes) is 7. The molecule has 0 heterocycles. The molecular weight excluding hydrogens is 934 g/mol. The zero-order valence-corrected chi connectivity index (χ0v) is 36.5. The lowest BCUT2D eigenvalue weighted by molar-refractivity contribution is -0.137. The second-order valence-electron chi connectivity index (χ2n) is 12.1. The maximum atomic E-state index is 13.7. The van der Waals surface area contributed by atoms with Gasteiger partial charge in [0.15, 0.2) is 0 Å². The first-order valence-corrected chi connectivity index (χ1v) is 28.8. The first kappa shape index (κ1) is 56.5. The fraction of sp³-hybridized carbons (Fsp3) is 0.947. The van der Waals surface area contributed by atoms with Crippen molar-refractivity contribution in [3.63, 3.8) is 0 Å². The van der Waals surface area contributed by atoms with Gasteiger partial charge in [-0.15, -0.1) is 0 Å². The van der Waals surface area contributed by atoms with Gasteiger partial charge in [0.1, 0.15) is 0 Å². The van der Waals surface area contributed by atoms with E-state index in [1.54, 1.807) is 0 Å². The third-order valence-electron chi connectivity index (χ3n) is 8.02. The second-order valence-corrected chi connectivity index (χ2v) is 27.2. The van der Waals surface area contributed by atoms with Crippen LogP contribution in [0.2, 0.25) is 0 Å². The average Bonchev–Trinajstić information content (AvgIpc) is 2.90. The summed E-state index contributed by atoms with van der Waals surface area (Å²) in [6.07, 6.45) is 0.00739. The van der Waals surface area contributed by atoms with Gasteiger partial charge in [0.2, 0.25) is 11.0 Å². The number of carboxylic acids is 1. The van der Waals surface area contributed by atoms with Crippen LogP contribution in [-0.2, 0) is 41.3 Å². The number of carboxylic acid groups (broad SMARTS) is 1. The standard InChI is InChI=1S/C19H49N3O26P8/c1-3-20(16(49(25,26)27)50(28,29)30)18(53(37,38)39,54(40,41)42)22(14-12-10-8-6-5-7-9-11-13-15(23)24)19(55(43,44)45,56(46,47)48)21(4-2)17(51(31,32)33)52(34,35)36/h16-17H,3-14H2,1-2H3,(H,23,24)(H2,25,26,27)(H2,28,29,30)(H2,31,32,33)(H2,34,35,36)(H2,37,38,39)(H2,40,41,42)(H2,43,44,45)(H2,46,47,48). The Labute approximate surface area is 318 Å². The highest BCUT2D eigenvalue weighted by atomic mass is 31.3. The Kier molecular flexibility index (Phi) is 20.4. The van der Waals surface area contributed by atoms with E-state index in [2.05, 4.69) is 0 Å². The Morgan fingerprint density at radius 2 is 0.679 bits per heavy atom. The van der Waals surface area contributed by atoms with Gasteiger partial charge < -0.3 is 83.4 Å². The molecule has 0 aliphatic carbocycles.